The van der Waals surface area contributed by atoms with Crippen LogP contribution in [0, 0.1) is 6.92 Å². The molecule has 0 atom stereocenters. The number of hydrogen-bond acceptors (Lipinski definition) is 3. The van der Waals surface area contributed by atoms with Gasteiger partial charge in [0.2, 0.25) is 0 Å². The highest BCUT2D eigenvalue weighted by Crippen LogP contribution is 2.31. The van der Waals surface area contributed by atoms with Crippen molar-refractivity contribution < 1.29 is 4.74 Å². The zero-order chi connectivity index (χ0) is 15.9. The standard InChI is InChI=1S/C18H32N2O/c1-15-8-9-17(16(14-15)18(2,3)4)21-13-11-19-10-7-12-20(5)6/h8-9,14,19H,7,10-13H2,1-6H3. The van der Waals surface area contributed by atoms with Gasteiger partial charge in [0.05, 0.1) is 0 Å². The lowest BCUT2D eigenvalue weighted by Gasteiger charge is -2.23. The number of nitrogens with one attached hydrogen (secondary N) is 1. The molecule has 0 saturated carbocycles. The summed E-state index contributed by atoms with van der Waals surface area (Å²) in [4.78, 5) is 2.21. The average Bonchev–Trinajstić information content (AvgIpc) is 2.37. The summed E-state index contributed by atoms with van der Waals surface area (Å²) in [5.41, 5.74) is 2.68. The van der Waals surface area contributed by atoms with Crippen molar-refractivity contribution in [2.45, 2.75) is 39.5 Å². The van der Waals surface area contributed by atoms with Gasteiger partial charge >= 0.3 is 0 Å². The van der Waals surface area contributed by atoms with Crippen LogP contribution in [0.25, 0.3) is 0 Å². The van der Waals surface area contributed by atoms with Crippen LogP contribution in [0.5, 0.6) is 5.75 Å². The quantitative estimate of drug-likeness (QED) is 0.745. The molecule has 3 nitrogen and oxygen atoms in total. The highest BCUT2D eigenvalue weighted by atomic mass is 16.5. The third-order valence-corrected chi connectivity index (χ3v) is 3.44. The lowest BCUT2D eigenvalue weighted by Crippen LogP contribution is -2.25. The monoisotopic (exact) mass is 292 g/mol. The third kappa shape index (κ3) is 6.96. The van der Waals surface area contributed by atoms with E-state index in [-0.39, 0.29) is 5.41 Å². The minimum atomic E-state index is 0.112. The van der Waals surface area contributed by atoms with Crippen LogP contribution >= 0.6 is 0 Å². The molecule has 0 aliphatic rings. The molecule has 0 aromatic heterocycles. The lowest BCUT2D eigenvalue weighted by molar-refractivity contribution is 0.303. The van der Waals surface area contributed by atoms with Gasteiger partial charge in [-0.2, -0.15) is 0 Å². The Morgan fingerprint density at radius 3 is 2.48 bits per heavy atom. The van der Waals surface area contributed by atoms with Crippen LogP contribution in [0.4, 0.5) is 0 Å². The Hall–Kier alpha value is -1.06. The molecular weight excluding hydrogens is 260 g/mol. The second-order valence-corrected chi connectivity index (χ2v) is 7.00. The molecule has 0 fully saturated rings. The molecule has 1 aromatic carbocycles. The number of aryl methyl sites for hydroxylation is 1. The Morgan fingerprint density at radius 2 is 1.86 bits per heavy atom. The zero-order valence-corrected chi connectivity index (χ0v) is 14.6. The van der Waals surface area contributed by atoms with Crippen LogP contribution in [0.3, 0.4) is 0 Å². The predicted octanol–water partition coefficient (Wildman–Crippen LogP) is 3.21. The van der Waals surface area contributed by atoms with Gasteiger partial charge < -0.3 is 15.0 Å². The van der Waals surface area contributed by atoms with Crippen molar-refractivity contribution in [3.05, 3.63) is 29.3 Å². The maximum Gasteiger partial charge on any atom is 0.123 e. The fourth-order valence-corrected chi connectivity index (χ4v) is 2.23. The maximum absolute atomic E-state index is 5.97. The van der Waals surface area contributed by atoms with Crippen LogP contribution in [0.1, 0.15) is 38.3 Å². The Morgan fingerprint density at radius 1 is 1.14 bits per heavy atom. The molecule has 3 heteroatoms. The molecule has 0 amide bonds. The van der Waals surface area contributed by atoms with Crippen LogP contribution in [-0.4, -0.2) is 45.2 Å². The summed E-state index contributed by atoms with van der Waals surface area (Å²) in [6, 6.07) is 6.46. The number of rotatable bonds is 8. The smallest absolute Gasteiger partial charge is 0.123 e. The van der Waals surface area contributed by atoms with Gasteiger partial charge in [-0.05, 0) is 57.6 Å². The lowest BCUT2D eigenvalue weighted by atomic mass is 9.85. The first-order valence-corrected chi connectivity index (χ1v) is 7.90. The molecule has 0 bridgehead atoms. The van der Waals surface area contributed by atoms with Crippen LogP contribution in [-0.2, 0) is 5.41 Å². The molecule has 1 rings (SSSR count). The molecule has 1 N–H and O–H groups in total. The van der Waals surface area contributed by atoms with E-state index in [1.807, 2.05) is 0 Å². The van der Waals surface area contributed by atoms with Crippen LogP contribution in [0.2, 0.25) is 0 Å². The van der Waals surface area contributed by atoms with Gasteiger partial charge in [-0.15, -0.1) is 0 Å². The molecule has 21 heavy (non-hydrogen) atoms. The summed E-state index contributed by atoms with van der Waals surface area (Å²) in [6.45, 7) is 12.6. The molecule has 0 aliphatic heterocycles. The maximum atomic E-state index is 5.97. The van der Waals surface area contributed by atoms with E-state index in [0.717, 1.165) is 25.4 Å². The first-order valence-electron chi connectivity index (χ1n) is 7.90. The third-order valence-electron chi connectivity index (χ3n) is 3.44. The SMILES string of the molecule is Cc1ccc(OCCNCCCN(C)C)c(C(C)(C)C)c1. The number of nitrogens with zero attached hydrogens (tertiary/aromatic N) is 1. The zero-order valence-electron chi connectivity index (χ0n) is 14.6. The van der Waals surface area contributed by atoms with Gasteiger partial charge in [0.1, 0.15) is 12.4 Å². The summed E-state index contributed by atoms with van der Waals surface area (Å²) in [7, 11) is 4.21. The summed E-state index contributed by atoms with van der Waals surface area (Å²) in [5, 5.41) is 3.43. The van der Waals surface area contributed by atoms with E-state index in [0.29, 0.717) is 6.61 Å². The second-order valence-electron chi connectivity index (χ2n) is 7.00. The fraction of sp³-hybridized carbons (Fsp3) is 0.667. The van der Waals surface area contributed by atoms with Gasteiger partial charge in [-0.1, -0.05) is 38.5 Å². The highest BCUT2D eigenvalue weighted by Gasteiger charge is 2.18. The normalized spacial score (nSPS) is 12.0. The highest BCUT2D eigenvalue weighted by molar-refractivity contribution is 5.41. The van der Waals surface area contributed by atoms with Crippen molar-refractivity contribution in [3.8, 4) is 5.75 Å². The van der Waals surface area contributed by atoms with E-state index < -0.39 is 0 Å². The molecule has 0 aliphatic carbocycles. The van der Waals surface area contributed by atoms with Crippen molar-refractivity contribution in [2.75, 3.05) is 40.3 Å². The van der Waals surface area contributed by atoms with Gasteiger partial charge in [0, 0.05) is 6.54 Å². The minimum absolute atomic E-state index is 0.112. The van der Waals surface area contributed by atoms with E-state index >= 15 is 0 Å². The second kappa shape index (κ2) is 8.40. The Labute approximate surface area is 130 Å². The van der Waals surface area contributed by atoms with Crippen molar-refractivity contribution >= 4 is 0 Å². The summed E-state index contributed by atoms with van der Waals surface area (Å²) < 4.78 is 5.97. The van der Waals surface area contributed by atoms with Gasteiger partial charge in [-0.3, -0.25) is 0 Å². The van der Waals surface area contributed by atoms with Crippen molar-refractivity contribution in [1.29, 1.82) is 0 Å². The van der Waals surface area contributed by atoms with E-state index in [2.05, 4.69) is 70.2 Å². The van der Waals surface area contributed by atoms with Gasteiger partial charge in [0.15, 0.2) is 0 Å². The molecular formula is C18H32N2O. The van der Waals surface area contributed by atoms with Crippen LogP contribution in [0.15, 0.2) is 18.2 Å². The van der Waals surface area contributed by atoms with Crippen LogP contribution < -0.4 is 10.1 Å². The Kier molecular flexibility index (Phi) is 7.20. The van der Waals surface area contributed by atoms with E-state index in [1.165, 1.54) is 17.5 Å². The number of ether oxygens (including phenoxy) is 1. The summed E-state index contributed by atoms with van der Waals surface area (Å²) in [6.07, 6.45) is 1.17. The number of benzene rings is 1. The molecule has 0 spiro atoms. The minimum Gasteiger partial charge on any atom is -0.492 e. The molecule has 1 aromatic rings. The molecule has 0 heterocycles. The first kappa shape index (κ1) is 18.0. The fourth-order valence-electron chi connectivity index (χ4n) is 2.23. The number of hydrogen-bond donors (Lipinski definition) is 1. The van der Waals surface area contributed by atoms with Crippen molar-refractivity contribution in [1.82, 2.24) is 10.2 Å². The van der Waals surface area contributed by atoms with Crippen molar-refractivity contribution in [3.63, 3.8) is 0 Å². The summed E-state index contributed by atoms with van der Waals surface area (Å²) in [5.74, 6) is 1.02. The largest absolute Gasteiger partial charge is 0.492 e. The van der Waals surface area contributed by atoms with Crippen molar-refractivity contribution in [2.24, 2.45) is 0 Å². The van der Waals surface area contributed by atoms with Gasteiger partial charge in [-0.25, -0.2) is 0 Å². The summed E-state index contributed by atoms with van der Waals surface area (Å²) >= 11 is 0. The Bertz CT molecular complexity index is 422. The topological polar surface area (TPSA) is 24.5 Å². The first-order chi connectivity index (χ1) is 9.80. The predicted molar refractivity (Wildman–Crippen MR) is 91.4 cm³/mol. The van der Waals surface area contributed by atoms with E-state index in [4.69, 9.17) is 4.74 Å². The van der Waals surface area contributed by atoms with Gasteiger partial charge in [0.25, 0.3) is 0 Å². The molecule has 0 unspecified atom stereocenters. The average molecular weight is 292 g/mol. The van der Waals surface area contributed by atoms with E-state index in [1.54, 1.807) is 0 Å². The molecule has 120 valence electrons. The molecule has 0 saturated heterocycles. The Balaban J connectivity index is 2.39. The molecule has 0 radical (unpaired) electrons. The van der Waals surface area contributed by atoms with E-state index in [9.17, 15) is 0 Å².